The van der Waals surface area contributed by atoms with Crippen LogP contribution in [-0.4, -0.2) is 25.3 Å². The van der Waals surface area contributed by atoms with E-state index >= 15 is 0 Å². The number of rotatable bonds is 10. The highest BCUT2D eigenvalue weighted by atomic mass is 35.5. The molecule has 0 fully saturated rings. The third kappa shape index (κ3) is 7.14. The zero-order valence-electron chi connectivity index (χ0n) is 18.3. The van der Waals surface area contributed by atoms with E-state index in [1.165, 1.54) is 6.21 Å². The van der Waals surface area contributed by atoms with E-state index in [9.17, 15) is 4.79 Å². The molecule has 0 aliphatic rings. The Balaban J connectivity index is 1.63. The molecule has 0 atom stereocenters. The van der Waals surface area contributed by atoms with Gasteiger partial charge in [0, 0.05) is 21.2 Å². The number of hydrazone groups is 1. The van der Waals surface area contributed by atoms with Crippen LogP contribution >= 0.6 is 23.2 Å². The number of carbonyl (C=O) groups excluding carboxylic acids is 1. The van der Waals surface area contributed by atoms with Crippen LogP contribution in [0.3, 0.4) is 0 Å². The van der Waals surface area contributed by atoms with Gasteiger partial charge < -0.3 is 14.2 Å². The van der Waals surface area contributed by atoms with E-state index in [2.05, 4.69) is 10.5 Å². The number of benzene rings is 3. The molecule has 1 N–H and O–H groups in total. The summed E-state index contributed by atoms with van der Waals surface area (Å²) in [5, 5.41) is 5.14. The van der Waals surface area contributed by atoms with Crippen LogP contribution < -0.4 is 19.6 Å². The third-order valence-corrected chi connectivity index (χ3v) is 5.06. The molecule has 33 heavy (non-hydrogen) atoms. The van der Waals surface area contributed by atoms with Crippen LogP contribution in [0.25, 0.3) is 0 Å². The summed E-state index contributed by atoms with van der Waals surface area (Å²) in [5.41, 5.74) is 4.55. The van der Waals surface area contributed by atoms with Gasteiger partial charge in [0.25, 0.3) is 5.91 Å². The number of carbonyl (C=O) groups is 1. The largest absolute Gasteiger partial charge is 0.494 e. The predicted octanol–water partition coefficient (Wildman–Crippen LogP) is 6.13. The molecular formula is C25H24Cl2N2O4. The van der Waals surface area contributed by atoms with Crippen molar-refractivity contribution in [3.8, 4) is 17.2 Å². The standard InChI is InChI=1S/C25H24Cl2N2O4/c1-3-31-21-10-7-18(8-11-21)25(30)29-28-15-17-5-12-23(24(13-17)32-4-2)33-16-19-6-9-20(26)14-22(19)27/h5-15H,3-4,16H2,1-2H3,(H,29,30)/b28-15+. The monoisotopic (exact) mass is 486 g/mol. The Morgan fingerprint density at radius 2 is 1.67 bits per heavy atom. The van der Waals surface area contributed by atoms with Crippen molar-refractivity contribution >= 4 is 35.3 Å². The van der Waals surface area contributed by atoms with Gasteiger partial charge in [0.2, 0.25) is 0 Å². The van der Waals surface area contributed by atoms with E-state index in [4.69, 9.17) is 37.4 Å². The molecule has 0 unspecified atom stereocenters. The van der Waals surface area contributed by atoms with Crippen molar-refractivity contribution in [2.24, 2.45) is 5.10 Å². The van der Waals surface area contributed by atoms with Crippen molar-refractivity contribution in [2.45, 2.75) is 20.5 Å². The van der Waals surface area contributed by atoms with Gasteiger partial charge in [0.15, 0.2) is 11.5 Å². The Labute approximate surface area is 203 Å². The molecule has 0 aromatic heterocycles. The first kappa shape index (κ1) is 24.4. The van der Waals surface area contributed by atoms with Gasteiger partial charge in [-0.05, 0) is 74.0 Å². The Kier molecular flexibility index (Phi) is 8.98. The maximum Gasteiger partial charge on any atom is 0.271 e. The molecule has 6 nitrogen and oxygen atoms in total. The normalized spacial score (nSPS) is 10.8. The molecule has 0 saturated heterocycles. The Hall–Kier alpha value is -3.22. The zero-order chi connectivity index (χ0) is 23.6. The molecule has 0 bridgehead atoms. The smallest absolute Gasteiger partial charge is 0.271 e. The molecule has 0 aliphatic carbocycles. The molecule has 0 saturated carbocycles. The second-order valence-electron chi connectivity index (χ2n) is 6.82. The summed E-state index contributed by atoms with van der Waals surface area (Å²) in [6.07, 6.45) is 1.54. The average molecular weight is 487 g/mol. The number of ether oxygens (including phenoxy) is 3. The van der Waals surface area contributed by atoms with Crippen LogP contribution in [-0.2, 0) is 6.61 Å². The van der Waals surface area contributed by atoms with Crippen LogP contribution in [0.5, 0.6) is 17.2 Å². The van der Waals surface area contributed by atoms with Crippen molar-refractivity contribution < 1.29 is 19.0 Å². The fourth-order valence-electron chi connectivity index (χ4n) is 2.89. The van der Waals surface area contributed by atoms with Crippen LogP contribution in [0, 0.1) is 0 Å². The number of amides is 1. The van der Waals surface area contributed by atoms with E-state index in [1.807, 2.05) is 26.0 Å². The average Bonchev–Trinajstić information content (AvgIpc) is 2.80. The number of halogens is 2. The highest BCUT2D eigenvalue weighted by Gasteiger charge is 2.09. The van der Waals surface area contributed by atoms with Gasteiger partial charge in [-0.3, -0.25) is 4.79 Å². The molecule has 1 amide bonds. The van der Waals surface area contributed by atoms with Crippen LogP contribution in [0.2, 0.25) is 10.0 Å². The molecule has 0 spiro atoms. The Morgan fingerprint density at radius 3 is 2.36 bits per heavy atom. The fourth-order valence-corrected chi connectivity index (χ4v) is 3.35. The van der Waals surface area contributed by atoms with Crippen LogP contribution in [0.4, 0.5) is 0 Å². The summed E-state index contributed by atoms with van der Waals surface area (Å²) in [6, 6.07) is 17.5. The minimum Gasteiger partial charge on any atom is -0.494 e. The number of hydrogen-bond acceptors (Lipinski definition) is 5. The maximum atomic E-state index is 12.3. The third-order valence-electron chi connectivity index (χ3n) is 4.47. The van der Waals surface area contributed by atoms with Crippen molar-refractivity contribution in [1.29, 1.82) is 0 Å². The Morgan fingerprint density at radius 1 is 0.909 bits per heavy atom. The first-order valence-electron chi connectivity index (χ1n) is 10.4. The van der Waals surface area contributed by atoms with Gasteiger partial charge >= 0.3 is 0 Å². The second kappa shape index (κ2) is 12.1. The summed E-state index contributed by atoms with van der Waals surface area (Å²) >= 11 is 12.2. The lowest BCUT2D eigenvalue weighted by Crippen LogP contribution is -2.17. The first-order chi connectivity index (χ1) is 16.0. The summed E-state index contributed by atoms with van der Waals surface area (Å²) < 4.78 is 17.0. The predicted molar refractivity (Wildman–Crippen MR) is 131 cm³/mol. The Bertz CT molecular complexity index is 1120. The van der Waals surface area contributed by atoms with Crippen molar-refractivity contribution in [3.63, 3.8) is 0 Å². The molecule has 3 aromatic carbocycles. The highest BCUT2D eigenvalue weighted by molar-refractivity contribution is 6.35. The number of nitrogens with zero attached hydrogens (tertiary/aromatic N) is 1. The first-order valence-corrected chi connectivity index (χ1v) is 11.2. The highest BCUT2D eigenvalue weighted by Crippen LogP contribution is 2.30. The molecule has 0 heterocycles. The van der Waals surface area contributed by atoms with Crippen LogP contribution in [0.1, 0.15) is 35.3 Å². The minimum absolute atomic E-state index is 0.266. The fraction of sp³-hybridized carbons (Fsp3) is 0.200. The van der Waals surface area contributed by atoms with Gasteiger partial charge in [0.1, 0.15) is 12.4 Å². The van der Waals surface area contributed by atoms with Gasteiger partial charge in [-0.25, -0.2) is 5.43 Å². The summed E-state index contributed by atoms with van der Waals surface area (Å²) in [5.74, 6) is 1.52. The van der Waals surface area contributed by atoms with Gasteiger partial charge in [0.05, 0.1) is 19.4 Å². The molecular weight excluding hydrogens is 463 g/mol. The van der Waals surface area contributed by atoms with Crippen LogP contribution in [0.15, 0.2) is 65.8 Å². The lowest BCUT2D eigenvalue weighted by molar-refractivity contribution is 0.0955. The zero-order valence-corrected chi connectivity index (χ0v) is 19.8. The minimum atomic E-state index is -0.320. The molecule has 172 valence electrons. The lowest BCUT2D eigenvalue weighted by Gasteiger charge is -2.13. The summed E-state index contributed by atoms with van der Waals surface area (Å²) in [7, 11) is 0. The van der Waals surface area contributed by atoms with Crippen molar-refractivity contribution in [2.75, 3.05) is 13.2 Å². The van der Waals surface area contributed by atoms with E-state index in [1.54, 1.807) is 48.5 Å². The molecule has 0 aliphatic heterocycles. The topological polar surface area (TPSA) is 69.2 Å². The quantitative estimate of drug-likeness (QED) is 0.276. The van der Waals surface area contributed by atoms with Crippen molar-refractivity contribution in [3.05, 3.63) is 87.4 Å². The lowest BCUT2D eigenvalue weighted by atomic mass is 10.2. The van der Waals surface area contributed by atoms with E-state index in [-0.39, 0.29) is 12.5 Å². The summed E-state index contributed by atoms with van der Waals surface area (Å²) in [6.45, 7) is 5.09. The molecule has 0 radical (unpaired) electrons. The maximum absolute atomic E-state index is 12.3. The van der Waals surface area contributed by atoms with E-state index in [0.717, 1.165) is 11.1 Å². The number of nitrogens with one attached hydrogen (secondary N) is 1. The van der Waals surface area contributed by atoms with Crippen molar-refractivity contribution in [1.82, 2.24) is 5.43 Å². The van der Waals surface area contributed by atoms with Gasteiger partial charge in [-0.1, -0.05) is 29.3 Å². The van der Waals surface area contributed by atoms with Gasteiger partial charge in [-0.15, -0.1) is 0 Å². The molecule has 8 heteroatoms. The van der Waals surface area contributed by atoms with Gasteiger partial charge in [-0.2, -0.15) is 5.10 Å². The SMILES string of the molecule is CCOc1ccc(C(=O)N/N=C/c2ccc(OCc3ccc(Cl)cc3Cl)c(OCC)c2)cc1. The number of hydrogen-bond donors (Lipinski definition) is 1. The summed E-state index contributed by atoms with van der Waals surface area (Å²) in [4.78, 5) is 12.3. The van der Waals surface area contributed by atoms with E-state index in [0.29, 0.717) is 46.1 Å². The second-order valence-corrected chi connectivity index (χ2v) is 7.66. The van der Waals surface area contributed by atoms with E-state index < -0.39 is 0 Å². The molecule has 3 aromatic rings. The molecule has 3 rings (SSSR count).